The third-order valence-electron chi connectivity index (χ3n) is 5.54. The highest BCUT2D eigenvalue weighted by atomic mass is 16.2. The molecule has 29 heavy (non-hydrogen) atoms. The lowest BCUT2D eigenvalue weighted by Crippen LogP contribution is -2.49. The highest BCUT2D eigenvalue weighted by Gasteiger charge is 2.26. The average molecular weight is 396 g/mol. The van der Waals surface area contributed by atoms with E-state index in [9.17, 15) is 4.79 Å². The predicted octanol–water partition coefficient (Wildman–Crippen LogP) is 1.95. The first kappa shape index (κ1) is 19.6. The van der Waals surface area contributed by atoms with Crippen molar-refractivity contribution in [1.29, 1.82) is 0 Å². The SMILES string of the molecule is CCCc1cn(CCN2CCN(C(=O)c3c(C)nc4ccc(C)cn34)CC2)nn1. The second-order valence-electron chi connectivity index (χ2n) is 7.84. The second kappa shape index (κ2) is 8.32. The summed E-state index contributed by atoms with van der Waals surface area (Å²) in [5.74, 6) is 0.0701. The molecule has 4 heterocycles. The normalized spacial score (nSPS) is 15.3. The van der Waals surface area contributed by atoms with Crippen molar-refractivity contribution in [3.8, 4) is 0 Å². The van der Waals surface area contributed by atoms with E-state index in [0.29, 0.717) is 5.69 Å². The maximum atomic E-state index is 13.2. The summed E-state index contributed by atoms with van der Waals surface area (Å²) in [7, 11) is 0. The molecule has 0 aromatic carbocycles. The molecule has 0 bridgehead atoms. The molecule has 1 saturated heterocycles. The van der Waals surface area contributed by atoms with E-state index in [0.717, 1.165) is 74.7 Å². The van der Waals surface area contributed by atoms with E-state index < -0.39 is 0 Å². The number of carbonyl (C=O) groups excluding carboxylic acids is 1. The molecule has 0 spiro atoms. The maximum Gasteiger partial charge on any atom is 0.272 e. The fourth-order valence-electron chi connectivity index (χ4n) is 3.91. The zero-order valence-electron chi connectivity index (χ0n) is 17.5. The van der Waals surface area contributed by atoms with Gasteiger partial charge in [-0.1, -0.05) is 24.6 Å². The molecule has 3 aromatic rings. The molecular formula is C21H29N7O. The fourth-order valence-corrected chi connectivity index (χ4v) is 3.91. The van der Waals surface area contributed by atoms with Crippen molar-refractivity contribution in [3.63, 3.8) is 0 Å². The van der Waals surface area contributed by atoms with Crippen LogP contribution in [0.15, 0.2) is 24.5 Å². The van der Waals surface area contributed by atoms with Crippen LogP contribution in [0.25, 0.3) is 5.65 Å². The van der Waals surface area contributed by atoms with Crippen molar-refractivity contribution in [1.82, 2.24) is 34.2 Å². The largest absolute Gasteiger partial charge is 0.335 e. The molecule has 8 heteroatoms. The van der Waals surface area contributed by atoms with Crippen LogP contribution in [0, 0.1) is 13.8 Å². The summed E-state index contributed by atoms with van der Waals surface area (Å²) >= 11 is 0. The number of fused-ring (bicyclic) bond motifs is 1. The van der Waals surface area contributed by atoms with Gasteiger partial charge in [0.05, 0.1) is 17.9 Å². The topological polar surface area (TPSA) is 71.6 Å². The average Bonchev–Trinajstić information content (AvgIpc) is 3.29. The minimum Gasteiger partial charge on any atom is -0.335 e. The van der Waals surface area contributed by atoms with E-state index >= 15 is 0 Å². The van der Waals surface area contributed by atoms with Gasteiger partial charge in [0.15, 0.2) is 0 Å². The van der Waals surface area contributed by atoms with Gasteiger partial charge >= 0.3 is 0 Å². The maximum absolute atomic E-state index is 13.2. The third kappa shape index (κ3) is 4.17. The third-order valence-corrected chi connectivity index (χ3v) is 5.54. The molecular weight excluding hydrogens is 366 g/mol. The van der Waals surface area contributed by atoms with E-state index in [1.165, 1.54) is 0 Å². The van der Waals surface area contributed by atoms with Crippen LogP contribution in [0.1, 0.15) is 40.8 Å². The van der Waals surface area contributed by atoms with Gasteiger partial charge in [0.25, 0.3) is 5.91 Å². The van der Waals surface area contributed by atoms with Gasteiger partial charge in [-0.05, 0) is 31.9 Å². The van der Waals surface area contributed by atoms with Crippen LogP contribution in [0.3, 0.4) is 0 Å². The van der Waals surface area contributed by atoms with Crippen LogP contribution in [0.5, 0.6) is 0 Å². The number of carbonyl (C=O) groups is 1. The Morgan fingerprint density at radius 3 is 2.62 bits per heavy atom. The summed E-state index contributed by atoms with van der Waals surface area (Å²) in [6.07, 6.45) is 6.09. The van der Waals surface area contributed by atoms with Crippen molar-refractivity contribution in [2.45, 2.75) is 40.2 Å². The number of hydrogen-bond donors (Lipinski definition) is 0. The Balaban J connectivity index is 1.35. The smallest absolute Gasteiger partial charge is 0.272 e. The highest BCUT2D eigenvalue weighted by Crippen LogP contribution is 2.17. The van der Waals surface area contributed by atoms with Gasteiger partial charge in [-0.2, -0.15) is 0 Å². The van der Waals surface area contributed by atoms with Crippen LogP contribution in [0.4, 0.5) is 0 Å². The molecule has 0 atom stereocenters. The lowest BCUT2D eigenvalue weighted by atomic mass is 10.2. The van der Waals surface area contributed by atoms with Gasteiger partial charge in [-0.25, -0.2) is 4.98 Å². The summed E-state index contributed by atoms with van der Waals surface area (Å²) in [4.78, 5) is 22.1. The van der Waals surface area contributed by atoms with Crippen molar-refractivity contribution in [3.05, 3.63) is 47.2 Å². The first-order chi connectivity index (χ1) is 14.0. The number of amides is 1. The Hall–Kier alpha value is -2.74. The van der Waals surface area contributed by atoms with E-state index in [-0.39, 0.29) is 5.91 Å². The number of pyridine rings is 1. The van der Waals surface area contributed by atoms with Crippen molar-refractivity contribution in [2.75, 3.05) is 32.7 Å². The van der Waals surface area contributed by atoms with E-state index in [4.69, 9.17) is 0 Å². The molecule has 1 amide bonds. The Morgan fingerprint density at radius 2 is 1.86 bits per heavy atom. The highest BCUT2D eigenvalue weighted by molar-refractivity contribution is 5.94. The molecule has 0 saturated carbocycles. The Bertz CT molecular complexity index is 998. The van der Waals surface area contributed by atoms with Crippen LogP contribution in [-0.4, -0.2) is 72.8 Å². The van der Waals surface area contributed by atoms with Crippen LogP contribution in [0.2, 0.25) is 0 Å². The van der Waals surface area contributed by atoms with Crippen LogP contribution >= 0.6 is 0 Å². The number of aromatic nitrogens is 5. The van der Waals surface area contributed by atoms with E-state index in [1.807, 2.05) is 52.4 Å². The number of piperazine rings is 1. The summed E-state index contributed by atoms with van der Waals surface area (Å²) in [6.45, 7) is 11.1. The number of rotatable bonds is 6. The summed E-state index contributed by atoms with van der Waals surface area (Å²) in [5.41, 5.74) is 4.47. The van der Waals surface area contributed by atoms with Crippen molar-refractivity contribution in [2.24, 2.45) is 0 Å². The monoisotopic (exact) mass is 395 g/mol. The molecule has 1 fully saturated rings. The van der Waals surface area contributed by atoms with Crippen LogP contribution in [-0.2, 0) is 13.0 Å². The number of nitrogens with zero attached hydrogens (tertiary/aromatic N) is 7. The number of aryl methyl sites for hydroxylation is 3. The van der Waals surface area contributed by atoms with Gasteiger partial charge in [0, 0.05) is 45.1 Å². The van der Waals surface area contributed by atoms with Gasteiger partial charge in [0.1, 0.15) is 11.3 Å². The summed E-state index contributed by atoms with van der Waals surface area (Å²) in [6, 6.07) is 3.99. The minimum atomic E-state index is 0.0701. The lowest BCUT2D eigenvalue weighted by molar-refractivity contribution is 0.0624. The predicted molar refractivity (Wildman–Crippen MR) is 111 cm³/mol. The summed E-state index contributed by atoms with van der Waals surface area (Å²) < 4.78 is 3.85. The van der Waals surface area contributed by atoms with Gasteiger partial charge < -0.3 is 4.90 Å². The van der Waals surface area contributed by atoms with Gasteiger partial charge in [-0.15, -0.1) is 5.10 Å². The summed E-state index contributed by atoms with van der Waals surface area (Å²) in [5, 5.41) is 8.41. The van der Waals surface area contributed by atoms with E-state index in [2.05, 4.69) is 27.1 Å². The molecule has 1 aliphatic rings. The number of imidazole rings is 1. The van der Waals surface area contributed by atoms with Gasteiger partial charge in [0.2, 0.25) is 0 Å². The molecule has 1 aliphatic heterocycles. The molecule has 0 unspecified atom stereocenters. The molecule has 8 nitrogen and oxygen atoms in total. The van der Waals surface area contributed by atoms with Crippen LogP contribution < -0.4 is 0 Å². The van der Waals surface area contributed by atoms with Crippen molar-refractivity contribution < 1.29 is 4.79 Å². The second-order valence-corrected chi connectivity index (χ2v) is 7.84. The minimum absolute atomic E-state index is 0.0701. The van der Waals surface area contributed by atoms with Gasteiger partial charge in [-0.3, -0.25) is 18.8 Å². The fraction of sp³-hybridized carbons (Fsp3) is 0.524. The molecule has 0 radical (unpaired) electrons. The van der Waals surface area contributed by atoms with E-state index in [1.54, 1.807) is 0 Å². The molecule has 154 valence electrons. The Kier molecular flexibility index (Phi) is 5.62. The zero-order valence-corrected chi connectivity index (χ0v) is 17.5. The molecule has 0 aliphatic carbocycles. The molecule has 3 aromatic heterocycles. The Labute approximate surface area is 171 Å². The Morgan fingerprint density at radius 1 is 1.07 bits per heavy atom. The molecule has 0 N–H and O–H groups in total. The quantitative estimate of drug-likeness (QED) is 0.638. The standard InChI is InChI=1S/C21H29N7O/c1-4-5-18-15-27(24-23-18)13-10-25-8-11-26(12-9-25)21(29)20-17(3)22-19-7-6-16(2)14-28(19)20/h6-7,14-15H,4-5,8-13H2,1-3H3. The van der Waals surface area contributed by atoms with Crippen molar-refractivity contribution >= 4 is 11.6 Å². The number of hydrogen-bond acceptors (Lipinski definition) is 5. The molecule has 4 rings (SSSR count). The first-order valence-corrected chi connectivity index (χ1v) is 10.4. The lowest BCUT2D eigenvalue weighted by Gasteiger charge is -2.34. The first-order valence-electron chi connectivity index (χ1n) is 10.4. The zero-order chi connectivity index (χ0) is 20.4.